The van der Waals surface area contributed by atoms with E-state index in [1.165, 1.54) is 231 Å². The van der Waals surface area contributed by atoms with Gasteiger partial charge in [0.25, 0.3) is 0 Å². The first-order valence-electron chi connectivity index (χ1n) is 24.4. The van der Waals surface area contributed by atoms with Gasteiger partial charge in [-0.1, -0.05) is 264 Å². The fourth-order valence-corrected chi connectivity index (χ4v) is 7.77. The van der Waals surface area contributed by atoms with Gasteiger partial charge in [-0.15, -0.1) is 0 Å². The minimum atomic E-state index is -0.832. The van der Waals surface area contributed by atoms with Crippen LogP contribution in [0.2, 0.25) is 0 Å². The van der Waals surface area contributed by atoms with Crippen LogP contribution in [0.1, 0.15) is 277 Å². The molecule has 0 spiro atoms. The number of carbonyl (C=O) groups excluding carboxylic acids is 1. The third-order valence-corrected chi connectivity index (χ3v) is 11.5. The van der Waals surface area contributed by atoms with E-state index in [2.05, 4.69) is 19.2 Å². The molecule has 316 valence electrons. The topological polar surface area (TPSA) is 69.6 Å². The van der Waals surface area contributed by atoms with E-state index in [0.29, 0.717) is 6.42 Å². The maximum absolute atomic E-state index is 12.3. The monoisotopic (exact) mass is 748 g/mol. The number of hydrogen-bond donors (Lipinski definition) is 3. The van der Waals surface area contributed by atoms with E-state index >= 15 is 0 Å². The second kappa shape index (κ2) is 45.5. The van der Waals surface area contributed by atoms with E-state index in [1.807, 2.05) is 6.08 Å². The van der Waals surface area contributed by atoms with Crippen molar-refractivity contribution < 1.29 is 15.0 Å². The number of hydrogen-bond acceptors (Lipinski definition) is 3. The lowest BCUT2D eigenvalue weighted by Gasteiger charge is -2.20. The molecule has 0 saturated heterocycles. The zero-order chi connectivity index (χ0) is 38.6. The fraction of sp³-hybridized carbons (Fsp3) is 0.939. The molecule has 0 aliphatic heterocycles. The summed E-state index contributed by atoms with van der Waals surface area (Å²) in [5, 5.41) is 22.9. The van der Waals surface area contributed by atoms with Gasteiger partial charge in [0.1, 0.15) is 0 Å². The molecule has 2 unspecified atom stereocenters. The Morgan fingerprint density at radius 2 is 0.698 bits per heavy atom. The number of unbranched alkanes of at least 4 members (excludes halogenated alkanes) is 38. The number of nitrogens with one attached hydrogen (secondary N) is 1. The molecule has 0 aromatic rings. The van der Waals surface area contributed by atoms with Crippen LogP contribution in [0.3, 0.4) is 0 Å². The zero-order valence-electron chi connectivity index (χ0n) is 36.3. The molecule has 2 atom stereocenters. The van der Waals surface area contributed by atoms with Crippen LogP contribution in [-0.4, -0.2) is 34.9 Å². The van der Waals surface area contributed by atoms with Crippen LogP contribution in [-0.2, 0) is 4.79 Å². The lowest BCUT2D eigenvalue weighted by Crippen LogP contribution is -2.45. The molecule has 0 aromatic carbocycles. The van der Waals surface area contributed by atoms with Crippen molar-refractivity contribution in [1.82, 2.24) is 5.32 Å². The van der Waals surface area contributed by atoms with Crippen LogP contribution in [0.15, 0.2) is 12.2 Å². The number of amides is 1. The first-order chi connectivity index (χ1) is 26.2. The average Bonchev–Trinajstić information content (AvgIpc) is 3.16. The van der Waals surface area contributed by atoms with Gasteiger partial charge in [-0.25, -0.2) is 0 Å². The summed E-state index contributed by atoms with van der Waals surface area (Å²) >= 11 is 0. The second-order valence-electron chi connectivity index (χ2n) is 16.9. The van der Waals surface area contributed by atoms with Crippen molar-refractivity contribution in [1.29, 1.82) is 0 Å². The lowest BCUT2D eigenvalue weighted by atomic mass is 10.0. The van der Waals surface area contributed by atoms with Crippen LogP contribution in [0.25, 0.3) is 0 Å². The Morgan fingerprint density at radius 1 is 0.434 bits per heavy atom. The summed E-state index contributed by atoms with van der Waals surface area (Å²) in [6.07, 6.45) is 58.0. The van der Waals surface area contributed by atoms with Crippen molar-refractivity contribution in [3.63, 3.8) is 0 Å². The Balaban J connectivity index is 3.36. The van der Waals surface area contributed by atoms with Gasteiger partial charge in [-0.2, -0.15) is 0 Å². The molecule has 0 radical (unpaired) electrons. The Morgan fingerprint density at radius 3 is 0.981 bits per heavy atom. The SMILES string of the molecule is CCCCCCCCCCCCCCCCCCCCCCCCCCCCCCCCC/C=C/C(O)C(CO)NC(=O)CCCCCCCCCC. The first-order valence-corrected chi connectivity index (χ1v) is 24.4. The molecular formula is C49H97NO3. The maximum atomic E-state index is 12.3. The van der Waals surface area contributed by atoms with Crippen molar-refractivity contribution in [2.75, 3.05) is 6.61 Å². The molecule has 0 bridgehead atoms. The lowest BCUT2D eigenvalue weighted by molar-refractivity contribution is -0.123. The minimum absolute atomic E-state index is 0.0661. The predicted octanol–water partition coefficient (Wildman–Crippen LogP) is 15.4. The predicted molar refractivity (Wildman–Crippen MR) is 235 cm³/mol. The number of allylic oxidation sites excluding steroid dienone is 1. The summed E-state index contributed by atoms with van der Waals surface area (Å²) in [5.41, 5.74) is 0. The average molecular weight is 748 g/mol. The maximum Gasteiger partial charge on any atom is 0.220 e. The molecule has 0 aliphatic rings. The van der Waals surface area contributed by atoms with E-state index in [0.717, 1.165) is 25.7 Å². The Bertz CT molecular complexity index is 725. The molecule has 0 aromatic heterocycles. The largest absolute Gasteiger partial charge is 0.394 e. The van der Waals surface area contributed by atoms with Crippen LogP contribution in [0.4, 0.5) is 0 Å². The van der Waals surface area contributed by atoms with Crippen molar-refractivity contribution >= 4 is 5.91 Å². The van der Waals surface area contributed by atoms with Crippen LogP contribution >= 0.6 is 0 Å². The number of aliphatic hydroxyl groups excluding tert-OH is 2. The van der Waals surface area contributed by atoms with Crippen LogP contribution < -0.4 is 5.32 Å². The minimum Gasteiger partial charge on any atom is -0.394 e. The summed E-state index contributed by atoms with van der Waals surface area (Å²) in [6, 6.07) is -0.615. The summed E-state index contributed by atoms with van der Waals surface area (Å²) in [5.74, 6) is -0.0661. The normalized spacial score (nSPS) is 12.9. The van der Waals surface area contributed by atoms with Crippen LogP contribution in [0.5, 0.6) is 0 Å². The Hall–Kier alpha value is -0.870. The summed E-state index contributed by atoms with van der Waals surface area (Å²) in [7, 11) is 0. The zero-order valence-corrected chi connectivity index (χ0v) is 36.3. The molecule has 3 N–H and O–H groups in total. The van der Waals surface area contributed by atoms with Gasteiger partial charge in [-0.3, -0.25) is 4.79 Å². The molecular weight excluding hydrogens is 651 g/mol. The molecule has 53 heavy (non-hydrogen) atoms. The third kappa shape index (κ3) is 42.1. The molecule has 4 nitrogen and oxygen atoms in total. The standard InChI is InChI=1S/C49H97NO3/c1-3-5-7-9-11-13-14-15-16-17-18-19-20-21-22-23-24-25-26-27-28-29-30-31-32-33-34-35-36-37-38-40-42-44-48(52)47(46-51)50-49(53)45-43-41-39-12-10-8-6-4-2/h42,44,47-48,51-52H,3-41,43,45-46H2,1-2H3,(H,50,53)/b44-42+. The molecule has 0 heterocycles. The molecule has 0 rings (SSSR count). The van der Waals surface area contributed by atoms with Crippen molar-refractivity contribution in [2.24, 2.45) is 0 Å². The van der Waals surface area contributed by atoms with Gasteiger partial charge >= 0.3 is 0 Å². The van der Waals surface area contributed by atoms with Gasteiger partial charge in [0.2, 0.25) is 5.91 Å². The molecule has 1 amide bonds. The highest BCUT2D eigenvalue weighted by Gasteiger charge is 2.18. The Kier molecular flexibility index (Phi) is 44.8. The van der Waals surface area contributed by atoms with Gasteiger partial charge in [0.15, 0.2) is 0 Å². The van der Waals surface area contributed by atoms with Gasteiger partial charge in [0.05, 0.1) is 18.8 Å². The van der Waals surface area contributed by atoms with E-state index in [-0.39, 0.29) is 12.5 Å². The number of aliphatic hydroxyl groups is 2. The number of carbonyl (C=O) groups is 1. The smallest absolute Gasteiger partial charge is 0.220 e. The van der Waals surface area contributed by atoms with Crippen molar-refractivity contribution in [3.8, 4) is 0 Å². The highest BCUT2D eigenvalue weighted by Crippen LogP contribution is 2.17. The summed E-state index contributed by atoms with van der Waals surface area (Å²) in [4.78, 5) is 12.3. The molecule has 0 saturated carbocycles. The van der Waals surface area contributed by atoms with E-state index in [1.54, 1.807) is 6.08 Å². The van der Waals surface area contributed by atoms with E-state index in [4.69, 9.17) is 0 Å². The van der Waals surface area contributed by atoms with Crippen LogP contribution in [0, 0.1) is 0 Å². The van der Waals surface area contributed by atoms with Gasteiger partial charge in [-0.05, 0) is 19.3 Å². The van der Waals surface area contributed by atoms with E-state index in [9.17, 15) is 15.0 Å². The highest BCUT2D eigenvalue weighted by molar-refractivity contribution is 5.76. The first kappa shape index (κ1) is 52.1. The van der Waals surface area contributed by atoms with Gasteiger partial charge in [0, 0.05) is 6.42 Å². The molecule has 4 heteroatoms. The fourth-order valence-electron chi connectivity index (χ4n) is 7.77. The van der Waals surface area contributed by atoms with Crippen molar-refractivity contribution in [2.45, 2.75) is 289 Å². The van der Waals surface area contributed by atoms with E-state index < -0.39 is 12.1 Å². The summed E-state index contributed by atoms with van der Waals surface area (Å²) in [6.45, 7) is 4.29. The second-order valence-corrected chi connectivity index (χ2v) is 16.9. The Labute approximate surface area is 333 Å². The quantitative estimate of drug-likeness (QED) is 0.0429. The number of rotatable bonds is 45. The molecule has 0 aliphatic carbocycles. The third-order valence-electron chi connectivity index (χ3n) is 11.5. The highest BCUT2D eigenvalue weighted by atomic mass is 16.3. The van der Waals surface area contributed by atoms with Crippen molar-refractivity contribution in [3.05, 3.63) is 12.2 Å². The molecule has 0 fully saturated rings. The summed E-state index contributed by atoms with van der Waals surface area (Å²) < 4.78 is 0. The van der Waals surface area contributed by atoms with Gasteiger partial charge < -0.3 is 15.5 Å².